The summed E-state index contributed by atoms with van der Waals surface area (Å²) in [5, 5.41) is 3.02. The van der Waals surface area contributed by atoms with Gasteiger partial charge in [-0.3, -0.25) is 4.79 Å². The van der Waals surface area contributed by atoms with Crippen molar-refractivity contribution in [1.29, 1.82) is 0 Å². The molecule has 0 aromatic rings. The van der Waals surface area contributed by atoms with Gasteiger partial charge in [0, 0.05) is 33.2 Å². The van der Waals surface area contributed by atoms with Crippen molar-refractivity contribution in [3.63, 3.8) is 0 Å². The number of ether oxygens (including phenoxy) is 2. The maximum Gasteiger partial charge on any atom is 0.311 e. The average Bonchev–Trinajstić information content (AvgIpc) is 1.95. The van der Waals surface area contributed by atoms with Gasteiger partial charge in [-0.15, -0.1) is 0 Å². The first-order valence-corrected chi connectivity index (χ1v) is 4.21. The fourth-order valence-electron chi connectivity index (χ4n) is 0.949. The molecule has 1 aliphatic rings. The van der Waals surface area contributed by atoms with Crippen LogP contribution < -0.4 is 5.32 Å². The Bertz CT molecular complexity index is 145. The van der Waals surface area contributed by atoms with Gasteiger partial charge in [-0.05, 0) is 0 Å². The van der Waals surface area contributed by atoms with E-state index in [9.17, 15) is 4.79 Å². The smallest absolute Gasteiger partial charge is 0.311 e. The van der Waals surface area contributed by atoms with Crippen LogP contribution in [0.5, 0.6) is 0 Å². The number of carbonyl (C=O) groups is 1. The summed E-state index contributed by atoms with van der Waals surface area (Å²) in [7, 11) is 1.64. The Hall–Kier alpha value is -0.610. The summed E-state index contributed by atoms with van der Waals surface area (Å²) in [4.78, 5) is 11.1. The van der Waals surface area contributed by atoms with Gasteiger partial charge in [0.1, 0.15) is 0 Å². The fourth-order valence-corrected chi connectivity index (χ4v) is 0.949. The number of nitrogens with one attached hydrogen (secondary N) is 1. The van der Waals surface area contributed by atoms with Gasteiger partial charge in [0.15, 0.2) is 0 Å². The molecule has 12 heavy (non-hydrogen) atoms. The molecule has 1 heterocycles. The van der Waals surface area contributed by atoms with Gasteiger partial charge in [0.25, 0.3) is 0 Å². The van der Waals surface area contributed by atoms with Crippen molar-refractivity contribution in [1.82, 2.24) is 5.32 Å². The Morgan fingerprint density at radius 3 is 2.75 bits per heavy atom. The minimum absolute atomic E-state index is 0.0788. The van der Waals surface area contributed by atoms with Crippen LogP contribution in [0.4, 0.5) is 0 Å². The summed E-state index contributed by atoms with van der Waals surface area (Å²) in [6.45, 7) is 2.66. The number of rotatable bonds is 5. The van der Waals surface area contributed by atoms with Crippen LogP contribution in [0.15, 0.2) is 0 Å². The lowest BCUT2D eigenvalue weighted by molar-refractivity contribution is -0.150. The standard InChI is InChI=1S/C8H15NO3/c1-11-3-2-4-12-8(10)7-5-9-6-7/h7,9H,2-6H2,1H3. The van der Waals surface area contributed by atoms with Crippen LogP contribution in [-0.2, 0) is 14.3 Å². The summed E-state index contributed by atoms with van der Waals surface area (Å²) in [5.74, 6) is 0.0115. The maximum absolute atomic E-state index is 11.1. The van der Waals surface area contributed by atoms with E-state index in [-0.39, 0.29) is 11.9 Å². The van der Waals surface area contributed by atoms with E-state index in [1.165, 1.54) is 0 Å². The highest BCUT2D eigenvalue weighted by molar-refractivity contribution is 5.73. The Labute approximate surface area is 72.2 Å². The molecule has 0 saturated carbocycles. The molecule has 0 aromatic heterocycles. The van der Waals surface area contributed by atoms with Gasteiger partial charge < -0.3 is 14.8 Å². The van der Waals surface area contributed by atoms with E-state index in [1.807, 2.05) is 0 Å². The van der Waals surface area contributed by atoms with Crippen molar-refractivity contribution in [2.75, 3.05) is 33.4 Å². The largest absolute Gasteiger partial charge is 0.465 e. The molecule has 1 fully saturated rings. The summed E-state index contributed by atoms with van der Waals surface area (Å²) in [6.07, 6.45) is 0.780. The van der Waals surface area contributed by atoms with Gasteiger partial charge in [-0.1, -0.05) is 0 Å². The second-order valence-corrected chi connectivity index (χ2v) is 2.87. The maximum atomic E-state index is 11.1. The summed E-state index contributed by atoms with van der Waals surface area (Å²) >= 11 is 0. The summed E-state index contributed by atoms with van der Waals surface area (Å²) < 4.78 is 9.81. The van der Waals surface area contributed by atoms with Crippen molar-refractivity contribution in [2.45, 2.75) is 6.42 Å². The molecule has 0 aliphatic carbocycles. The van der Waals surface area contributed by atoms with Gasteiger partial charge in [-0.2, -0.15) is 0 Å². The molecular formula is C8H15NO3. The van der Waals surface area contributed by atoms with Crippen LogP contribution in [0.2, 0.25) is 0 Å². The Morgan fingerprint density at radius 2 is 2.25 bits per heavy atom. The predicted molar refractivity (Wildman–Crippen MR) is 43.8 cm³/mol. The summed E-state index contributed by atoms with van der Waals surface area (Å²) in [6, 6.07) is 0. The van der Waals surface area contributed by atoms with Crippen LogP contribution in [0, 0.1) is 5.92 Å². The zero-order chi connectivity index (χ0) is 8.81. The van der Waals surface area contributed by atoms with Crippen LogP contribution in [0.1, 0.15) is 6.42 Å². The first-order chi connectivity index (χ1) is 5.84. The number of esters is 1. The molecular weight excluding hydrogens is 158 g/mol. The minimum atomic E-state index is -0.0788. The molecule has 0 amide bonds. The number of hydrogen-bond donors (Lipinski definition) is 1. The number of methoxy groups -OCH3 is 1. The molecule has 1 aliphatic heterocycles. The van der Waals surface area contributed by atoms with Crippen molar-refractivity contribution >= 4 is 5.97 Å². The van der Waals surface area contributed by atoms with E-state index < -0.39 is 0 Å². The molecule has 0 aromatic carbocycles. The quantitative estimate of drug-likeness (QED) is 0.461. The molecule has 0 radical (unpaired) electrons. The first kappa shape index (κ1) is 9.48. The Kier molecular flexibility index (Phi) is 4.04. The van der Waals surface area contributed by atoms with Gasteiger partial charge >= 0.3 is 5.97 Å². The molecule has 0 unspecified atom stereocenters. The van der Waals surface area contributed by atoms with Crippen molar-refractivity contribution in [2.24, 2.45) is 5.92 Å². The Morgan fingerprint density at radius 1 is 1.50 bits per heavy atom. The molecule has 4 heteroatoms. The second kappa shape index (κ2) is 5.11. The molecule has 0 atom stereocenters. The van der Waals surface area contributed by atoms with Crippen molar-refractivity contribution in [3.8, 4) is 0 Å². The van der Waals surface area contributed by atoms with E-state index in [2.05, 4.69) is 5.32 Å². The Balaban J connectivity index is 1.94. The van der Waals surface area contributed by atoms with Crippen molar-refractivity contribution in [3.05, 3.63) is 0 Å². The highest BCUT2D eigenvalue weighted by atomic mass is 16.5. The average molecular weight is 173 g/mol. The lowest BCUT2D eigenvalue weighted by Gasteiger charge is -2.24. The highest BCUT2D eigenvalue weighted by Crippen LogP contribution is 2.04. The van der Waals surface area contributed by atoms with Gasteiger partial charge in [0.05, 0.1) is 12.5 Å². The van der Waals surface area contributed by atoms with E-state index in [0.29, 0.717) is 13.2 Å². The topological polar surface area (TPSA) is 47.6 Å². The molecule has 0 bridgehead atoms. The normalized spacial score (nSPS) is 17.1. The number of carbonyl (C=O) groups excluding carboxylic acids is 1. The van der Waals surface area contributed by atoms with Crippen LogP contribution in [0.3, 0.4) is 0 Å². The predicted octanol–water partition coefficient (Wildman–Crippen LogP) is -0.215. The third kappa shape index (κ3) is 2.79. The summed E-state index contributed by atoms with van der Waals surface area (Å²) in [5.41, 5.74) is 0. The van der Waals surface area contributed by atoms with Crippen LogP contribution in [0.25, 0.3) is 0 Å². The molecule has 1 N–H and O–H groups in total. The second-order valence-electron chi connectivity index (χ2n) is 2.87. The van der Waals surface area contributed by atoms with Crippen LogP contribution >= 0.6 is 0 Å². The van der Waals surface area contributed by atoms with E-state index in [1.54, 1.807) is 7.11 Å². The first-order valence-electron chi connectivity index (χ1n) is 4.21. The molecule has 1 saturated heterocycles. The lowest BCUT2D eigenvalue weighted by atomic mass is 10.0. The van der Waals surface area contributed by atoms with Crippen LogP contribution in [-0.4, -0.2) is 39.4 Å². The van der Waals surface area contributed by atoms with E-state index >= 15 is 0 Å². The molecule has 70 valence electrons. The number of hydrogen-bond acceptors (Lipinski definition) is 4. The molecule has 1 rings (SSSR count). The third-order valence-corrected chi connectivity index (χ3v) is 1.85. The van der Waals surface area contributed by atoms with Gasteiger partial charge in [-0.25, -0.2) is 0 Å². The zero-order valence-corrected chi connectivity index (χ0v) is 7.34. The van der Waals surface area contributed by atoms with Crippen molar-refractivity contribution < 1.29 is 14.3 Å². The zero-order valence-electron chi connectivity index (χ0n) is 7.34. The van der Waals surface area contributed by atoms with Gasteiger partial charge in [0.2, 0.25) is 0 Å². The molecule has 0 spiro atoms. The fraction of sp³-hybridized carbons (Fsp3) is 0.875. The van der Waals surface area contributed by atoms with E-state index in [4.69, 9.17) is 9.47 Å². The van der Waals surface area contributed by atoms with E-state index in [0.717, 1.165) is 19.5 Å². The highest BCUT2D eigenvalue weighted by Gasteiger charge is 2.25. The minimum Gasteiger partial charge on any atom is -0.465 e. The third-order valence-electron chi connectivity index (χ3n) is 1.85. The molecule has 4 nitrogen and oxygen atoms in total. The SMILES string of the molecule is COCCCOC(=O)C1CNC1. The lowest BCUT2D eigenvalue weighted by Crippen LogP contribution is -2.47. The monoisotopic (exact) mass is 173 g/mol.